The Labute approximate surface area is 140 Å². The maximum Gasteiger partial charge on any atom is 0.416 e. The number of aliphatic imine (C=N–C) groups is 1. The third kappa shape index (κ3) is 4.17. The van der Waals surface area contributed by atoms with Gasteiger partial charge in [-0.3, -0.25) is 0 Å². The van der Waals surface area contributed by atoms with Crippen molar-refractivity contribution >= 4 is 28.6 Å². The largest absolute Gasteiger partial charge is 0.495 e. The maximum atomic E-state index is 13.8. The van der Waals surface area contributed by atoms with E-state index in [1.807, 2.05) is 0 Å². The Morgan fingerprint density at radius 2 is 2.00 bits per heavy atom. The molecule has 0 amide bonds. The molecule has 0 aliphatic carbocycles. The summed E-state index contributed by atoms with van der Waals surface area (Å²) in [5.41, 5.74) is 0.700. The van der Waals surface area contributed by atoms with E-state index < -0.39 is 17.6 Å². The Balaban J connectivity index is 2.31. The highest BCUT2D eigenvalue weighted by Gasteiger charge is 2.31. The monoisotopic (exact) mass is 360 g/mol. The van der Waals surface area contributed by atoms with Gasteiger partial charge in [0.2, 0.25) is 0 Å². The molecule has 0 saturated heterocycles. The number of ether oxygens (including phenoxy) is 1. The van der Waals surface area contributed by atoms with Crippen molar-refractivity contribution in [2.45, 2.75) is 12.7 Å². The SMILES string of the molecule is COc1ccc(C(F)(F)F)cc1NCc1cccc(F)c1N=CCl. The second kappa shape index (κ2) is 7.53. The predicted octanol–water partition coefficient (Wildman–Crippen LogP) is 5.36. The molecule has 0 heterocycles. The van der Waals surface area contributed by atoms with Crippen LogP contribution in [0.3, 0.4) is 0 Å². The standard InChI is InChI=1S/C16H13ClF4N2O/c1-24-14-6-5-11(16(19,20)21)7-13(14)22-8-10-3-2-4-12(18)15(10)23-9-17/h2-7,9,22H,8H2,1H3. The van der Waals surface area contributed by atoms with Crippen LogP contribution in [0.15, 0.2) is 41.4 Å². The highest BCUT2D eigenvalue weighted by molar-refractivity contribution is 6.56. The summed E-state index contributed by atoms with van der Waals surface area (Å²) in [6.45, 7) is 0.0407. The minimum atomic E-state index is -4.48. The first-order valence-corrected chi connectivity index (χ1v) is 7.19. The summed E-state index contributed by atoms with van der Waals surface area (Å²) < 4.78 is 57.3. The van der Waals surface area contributed by atoms with Gasteiger partial charge in [-0.2, -0.15) is 13.2 Å². The van der Waals surface area contributed by atoms with E-state index in [1.54, 1.807) is 6.07 Å². The van der Waals surface area contributed by atoms with Gasteiger partial charge >= 0.3 is 6.18 Å². The molecule has 8 heteroatoms. The van der Waals surface area contributed by atoms with Crippen molar-refractivity contribution < 1.29 is 22.3 Å². The van der Waals surface area contributed by atoms with Crippen molar-refractivity contribution in [1.82, 2.24) is 0 Å². The summed E-state index contributed by atoms with van der Waals surface area (Å²) >= 11 is 5.39. The zero-order valence-corrected chi connectivity index (χ0v) is 13.2. The number of anilines is 1. The summed E-state index contributed by atoms with van der Waals surface area (Å²) in [5.74, 6) is -0.344. The maximum absolute atomic E-state index is 13.8. The van der Waals surface area contributed by atoms with Crippen LogP contribution in [0.2, 0.25) is 0 Å². The molecule has 0 saturated carbocycles. The van der Waals surface area contributed by atoms with Crippen LogP contribution < -0.4 is 10.1 Å². The van der Waals surface area contributed by atoms with Crippen LogP contribution in [0, 0.1) is 5.82 Å². The average molecular weight is 361 g/mol. The van der Waals surface area contributed by atoms with Gasteiger partial charge in [0.1, 0.15) is 17.3 Å². The van der Waals surface area contributed by atoms with Crippen LogP contribution in [0.4, 0.5) is 28.9 Å². The van der Waals surface area contributed by atoms with E-state index in [4.69, 9.17) is 16.3 Å². The van der Waals surface area contributed by atoms with Crippen molar-refractivity contribution in [2.75, 3.05) is 12.4 Å². The third-order valence-electron chi connectivity index (χ3n) is 3.24. The van der Waals surface area contributed by atoms with Gasteiger partial charge in [0.25, 0.3) is 0 Å². The Hall–Kier alpha value is -2.28. The number of nitrogens with zero attached hydrogens (tertiary/aromatic N) is 1. The zero-order chi connectivity index (χ0) is 17.7. The molecule has 0 aliphatic rings. The van der Waals surface area contributed by atoms with Crippen molar-refractivity contribution in [3.05, 3.63) is 53.3 Å². The first-order valence-electron chi connectivity index (χ1n) is 6.76. The molecule has 24 heavy (non-hydrogen) atoms. The zero-order valence-electron chi connectivity index (χ0n) is 12.5. The molecule has 0 fully saturated rings. The second-order valence-electron chi connectivity index (χ2n) is 4.74. The lowest BCUT2D eigenvalue weighted by molar-refractivity contribution is -0.137. The van der Waals surface area contributed by atoms with E-state index in [1.165, 1.54) is 25.3 Å². The molecule has 2 rings (SSSR count). The Bertz CT molecular complexity index is 747. The van der Waals surface area contributed by atoms with Gasteiger partial charge < -0.3 is 10.1 Å². The van der Waals surface area contributed by atoms with Gasteiger partial charge in [-0.05, 0) is 29.8 Å². The molecular weight excluding hydrogens is 348 g/mol. The number of rotatable bonds is 5. The molecule has 0 bridgehead atoms. The molecule has 128 valence electrons. The van der Waals surface area contributed by atoms with Crippen molar-refractivity contribution in [3.8, 4) is 5.75 Å². The fraction of sp³-hybridized carbons (Fsp3) is 0.188. The molecule has 1 N–H and O–H groups in total. The first-order chi connectivity index (χ1) is 11.4. The number of halogens is 5. The van der Waals surface area contributed by atoms with E-state index >= 15 is 0 Å². The van der Waals surface area contributed by atoms with Gasteiger partial charge in [0, 0.05) is 6.54 Å². The Morgan fingerprint density at radius 3 is 2.62 bits per heavy atom. The van der Waals surface area contributed by atoms with Crippen molar-refractivity contribution in [1.29, 1.82) is 0 Å². The number of para-hydroxylation sites is 1. The predicted molar refractivity (Wildman–Crippen MR) is 85.7 cm³/mol. The molecule has 0 aromatic heterocycles. The molecule has 0 aliphatic heterocycles. The van der Waals surface area contributed by atoms with Gasteiger partial charge in [-0.25, -0.2) is 9.38 Å². The average Bonchev–Trinajstić information content (AvgIpc) is 2.54. The van der Waals surface area contributed by atoms with Gasteiger partial charge in [-0.1, -0.05) is 23.7 Å². The van der Waals surface area contributed by atoms with Crippen LogP contribution in [0.1, 0.15) is 11.1 Å². The molecule has 0 spiro atoms. The number of methoxy groups -OCH3 is 1. The third-order valence-corrected chi connectivity index (χ3v) is 3.34. The summed E-state index contributed by atoms with van der Waals surface area (Å²) in [4.78, 5) is 3.73. The van der Waals surface area contributed by atoms with Crippen LogP contribution in [0.25, 0.3) is 0 Å². The van der Waals surface area contributed by atoms with E-state index in [0.29, 0.717) is 5.56 Å². The van der Waals surface area contributed by atoms with Crippen LogP contribution in [-0.4, -0.2) is 12.8 Å². The topological polar surface area (TPSA) is 33.6 Å². The van der Waals surface area contributed by atoms with Crippen molar-refractivity contribution in [3.63, 3.8) is 0 Å². The lowest BCUT2D eigenvalue weighted by Crippen LogP contribution is -2.08. The minimum Gasteiger partial charge on any atom is -0.495 e. The van der Waals surface area contributed by atoms with E-state index in [2.05, 4.69) is 10.3 Å². The molecule has 0 unspecified atom stereocenters. The van der Waals surface area contributed by atoms with Gasteiger partial charge in [-0.15, -0.1) is 0 Å². The summed E-state index contributed by atoms with van der Waals surface area (Å²) in [6.07, 6.45) is -4.48. The number of hydrogen-bond acceptors (Lipinski definition) is 3. The number of hydrogen-bond donors (Lipinski definition) is 1. The number of nitrogens with one attached hydrogen (secondary N) is 1. The second-order valence-corrected chi connectivity index (χ2v) is 4.94. The molecular formula is C16H13ClF4N2O. The fourth-order valence-electron chi connectivity index (χ4n) is 2.11. The molecule has 3 nitrogen and oxygen atoms in total. The van der Waals surface area contributed by atoms with Gasteiger partial charge in [0.15, 0.2) is 0 Å². The van der Waals surface area contributed by atoms with Crippen molar-refractivity contribution in [2.24, 2.45) is 4.99 Å². The van der Waals surface area contributed by atoms with E-state index in [0.717, 1.165) is 17.8 Å². The molecule has 2 aromatic rings. The molecule has 0 radical (unpaired) electrons. The number of benzene rings is 2. The normalized spacial score (nSPS) is 11.8. The van der Waals surface area contributed by atoms with E-state index in [9.17, 15) is 17.6 Å². The van der Waals surface area contributed by atoms with Gasteiger partial charge in [0.05, 0.1) is 24.0 Å². The van der Waals surface area contributed by atoms with Crippen LogP contribution in [0.5, 0.6) is 5.75 Å². The van der Waals surface area contributed by atoms with Crippen LogP contribution >= 0.6 is 11.6 Å². The van der Waals surface area contributed by atoms with Crippen LogP contribution in [-0.2, 0) is 12.7 Å². The highest BCUT2D eigenvalue weighted by atomic mass is 35.5. The highest BCUT2D eigenvalue weighted by Crippen LogP contribution is 2.35. The lowest BCUT2D eigenvalue weighted by atomic mass is 10.1. The summed E-state index contributed by atoms with van der Waals surface area (Å²) in [7, 11) is 1.35. The fourth-order valence-corrected chi connectivity index (χ4v) is 2.21. The van der Waals surface area contributed by atoms with E-state index in [-0.39, 0.29) is 23.7 Å². The molecule has 0 atom stereocenters. The number of alkyl halides is 3. The Kier molecular flexibility index (Phi) is 5.66. The minimum absolute atomic E-state index is 0.0194. The first kappa shape index (κ1) is 18.1. The molecule has 2 aromatic carbocycles. The quantitative estimate of drug-likeness (QED) is 0.575. The summed E-state index contributed by atoms with van der Waals surface area (Å²) in [5, 5.41) is 2.81. The summed E-state index contributed by atoms with van der Waals surface area (Å²) in [6, 6.07) is 7.36. The Morgan fingerprint density at radius 1 is 1.25 bits per heavy atom. The lowest BCUT2D eigenvalue weighted by Gasteiger charge is -2.15. The smallest absolute Gasteiger partial charge is 0.416 e.